The summed E-state index contributed by atoms with van der Waals surface area (Å²) in [5.74, 6) is 2.33. The van der Waals surface area contributed by atoms with E-state index < -0.39 is 0 Å². The molecule has 0 bridgehead atoms. The lowest BCUT2D eigenvalue weighted by Gasteiger charge is -2.26. The van der Waals surface area contributed by atoms with Crippen LogP contribution < -0.4 is 5.32 Å². The standard InChI is InChI=1S/C9H17NS/c1-2-4-8(5-3-1)9-10-6-7-11-9/h8-10H,1-7H2/t9-/m0/s1. The van der Waals surface area contributed by atoms with Crippen molar-refractivity contribution in [3.8, 4) is 0 Å². The fraction of sp³-hybridized carbons (Fsp3) is 1.00. The first-order chi connectivity index (χ1) is 5.47. The third-order valence-electron chi connectivity index (χ3n) is 2.82. The van der Waals surface area contributed by atoms with Crippen LogP contribution in [0.1, 0.15) is 32.1 Å². The molecule has 64 valence electrons. The van der Waals surface area contributed by atoms with Gasteiger partial charge in [0, 0.05) is 12.3 Å². The van der Waals surface area contributed by atoms with Crippen molar-refractivity contribution >= 4 is 11.8 Å². The second-order valence-electron chi connectivity index (χ2n) is 3.64. The average molecular weight is 171 g/mol. The summed E-state index contributed by atoms with van der Waals surface area (Å²) in [6, 6.07) is 0. The first-order valence-corrected chi connectivity index (χ1v) is 5.87. The second kappa shape index (κ2) is 3.81. The van der Waals surface area contributed by atoms with E-state index in [0.29, 0.717) is 0 Å². The van der Waals surface area contributed by atoms with E-state index >= 15 is 0 Å². The van der Waals surface area contributed by atoms with Gasteiger partial charge in [-0.05, 0) is 18.8 Å². The maximum Gasteiger partial charge on any atom is 0.0561 e. The summed E-state index contributed by atoms with van der Waals surface area (Å²) in [5.41, 5.74) is 0. The Morgan fingerprint density at radius 2 is 1.91 bits per heavy atom. The first kappa shape index (κ1) is 7.93. The summed E-state index contributed by atoms with van der Waals surface area (Å²) in [6.45, 7) is 1.24. The predicted molar refractivity (Wildman–Crippen MR) is 50.8 cm³/mol. The Labute approximate surface area is 73.3 Å². The number of hydrogen-bond acceptors (Lipinski definition) is 2. The zero-order valence-electron chi connectivity index (χ0n) is 7.01. The van der Waals surface area contributed by atoms with Crippen LogP contribution in [0.5, 0.6) is 0 Å². The Morgan fingerprint density at radius 3 is 2.55 bits per heavy atom. The van der Waals surface area contributed by atoms with Gasteiger partial charge in [-0.15, -0.1) is 11.8 Å². The monoisotopic (exact) mass is 171 g/mol. The third-order valence-corrected chi connectivity index (χ3v) is 4.17. The molecule has 2 rings (SSSR count). The average Bonchev–Trinajstić information content (AvgIpc) is 2.58. The largest absolute Gasteiger partial charge is 0.304 e. The molecule has 0 aromatic carbocycles. The quantitative estimate of drug-likeness (QED) is 0.649. The molecule has 0 unspecified atom stereocenters. The van der Waals surface area contributed by atoms with Crippen LogP contribution in [0.3, 0.4) is 0 Å². The molecule has 1 aliphatic carbocycles. The predicted octanol–water partition coefficient (Wildman–Crippen LogP) is 2.23. The molecule has 1 atom stereocenters. The lowest BCUT2D eigenvalue weighted by Crippen LogP contribution is -2.29. The molecule has 0 aromatic heterocycles. The number of thioether (sulfide) groups is 1. The van der Waals surface area contributed by atoms with Crippen LogP contribution in [0.25, 0.3) is 0 Å². The molecule has 2 heteroatoms. The highest BCUT2D eigenvalue weighted by Crippen LogP contribution is 2.32. The Balaban J connectivity index is 1.82. The topological polar surface area (TPSA) is 12.0 Å². The van der Waals surface area contributed by atoms with Gasteiger partial charge < -0.3 is 5.32 Å². The lowest BCUT2D eigenvalue weighted by atomic mass is 9.89. The molecule has 0 spiro atoms. The van der Waals surface area contributed by atoms with E-state index in [1.165, 1.54) is 44.4 Å². The zero-order valence-corrected chi connectivity index (χ0v) is 7.83. The molecule has 0 aromatic rings. The van der Waals surface area contributed by atoms with E-state index in [-0.39, 0.29) is 0 Å². The van der Waals surface area contributed by atoms with Crippen molar-refractivity contribution in [3.05, 3.63) is 0 Å². The molecule has 1 saturated carbocycles. The van der Waals surface area contributed by atoms with Gasteiger partial charge in [0.05, 0.1) is 5.37 Å². The van der Waals surface area contributed by atoms with E-state index in [1.54, 1.807) is 0 Å². The minimum Gasteiger partial charge on any atom is -0.304 e. The molecule has 11 heavy (non-hydrogen) atoms. The summed E-state index contributed by atoms with van der Waals surface area (Å²) >= 11 is 2.14. The first-order valence-electron chi connectivity index (χ1n) is 4.82. The van der Waals surface area contributed by atoms with Gasteiger partial charge in [0.1, 0.15) is 0 Å². The van der Waals surface area contributed by atoms with E-state index in [0.717, 1.165) is 11.3 Å². The normalized spacial score (nSPS) is 34.4. The van der Waals surface area contributed by atoms with Gasteiger partial charge in [-0.1, -0.05) is 19.3 Å². The fourth-order valence-electron chi connectivity index (χ4n) is 2.19. The van der Waals surface area contributed by atoms with Gasteiger partial charge in [0.25, 0.3) is 0 Å². The molecule has 1 aliphatic heterocycles. The summed E-state index contributed by atoms with van der Waals surface area (Å²) < 4.78 is 0. The van der Waals surface area contributed by atoms with Crippen molar-refractivity contribution < 1.29 is 0 Å². The fourth-order valence-corrected chi connectivity index (χ4v) is 3.46. The maximum atomic E-state index is 3.59. The van der Waals surface area contributed by atoms with Crippen molar-refractivity contribution in [2.24, 2.45) is 5.92 Å². The van der Waals surface area contributed by atoms with Crippen LogP contribution in [-0.2, 0) is 0 Å². The summed E-state index contributed by atoms with van der Waals surface area (Å²) in [4.78, 5) is 0. The molecule has 0 amide bonds. The van der Waals surface area contributed by atoms with E-state index in [2.05, 4.69) is 17.1 Å². The number of nitrogens with one attached hydrogen (secondary N) is 1. The molecule has 2 aliphatic rings. The van der Waals surface area contributed by atoms with Gasteiger partial charge >= 0.3 is 0 Å². The van der Waals surface area contributed by atoms with Gasteiger partial charge in [0.2, 0.25) is 0 Å². The lowest BCUT2D eigenvalue weighted by molar-refractivity contribution is 0.332. The van der Waals surface area contributed by atoms with Crippen molar-refractivity contribution in [1.29, 1.82) is 0 Å². The van der Waals surface area contributed by atoms with E-state index in [4.69, 9.17) is 0 Å². The number of hydrogen-bond donors (Lipinski definition) is 1. The van der Waals surface area contributed by atoms with Crippen LogP contribution in [-0.4, -0.2) is 17.7 Å². The highest BCUT2D eigenvalue weighted by molar-refractivity contribution is 8.00. The Bertz CT molecular complexity index is 115. The van der Waals surface area contributed by atoms with Crippen LogP contribution in [0.4, 0.5) is 0 Å². The Hall–Kier alpha value is 0.310. The molecule has 1 heterocycles. The molecule has 0 radical (unpaired) electrons. The maximum absolute atomic E-state index is 3.59. The molecular weight excluding hydrogens is 154 g/mol. The zero-order chi connectivity index (χ0) is 7.52. The van der Waals surface area contributed by atoms with Crippen molar-refractivity contribution in [2.75, 3.05) is 12.3 Å². The minimum atomic E-state index is 0.815. The second-order valence-corrected chi connectivity index (χ2v) is 4.89. The van der Waals surface area contributed by atoms with Crippen molar-refractivity contribution in [3.63, 3.8) is 0 Å². The Morgan fingerprint density at radius 1 is 1.09 bits per heavy atom. The Kier molecular flexibility index (Phi) is 2.75. The van der Waals surface area contributed by atoms with Crippen LogP contribution >= 0.6 is 11.8 Å². The highest BCUT2D eigenvalue weighted by Gasteiger charge is 2.25. The van der Waals surface area contributed by atoms with Crippen LogP contribution in [0, 0.1) is 5.92 Å². The molecule has 1 nitrogen and oxygen atoms in total. The summed E-state index contributed by atoms with van der Waals surface area (Å²) in [7, 11) is 0. The minimum absolute atomic E-state index is 0.815. The van der Waals surface area contributed by atoms with Gasteiger partial charge in [-0.2, -0.15) is 0 Å². The molecular formula is C9H17NS. The van der Waals surface area contributed by atoms with Gasteiger partial charge in [-0.3, -0.25) is 0 Å². The van der Waals surface area contributed by atoms with Crippen molar-refractivity contribution in [2.45, 2.75) is 37.5 Å². The van der Waals surface area contributed by atoms with Gasteiger partial charge in [0.15, 0.2) is 0 Å². The SMILES string of the molecule is C1CCC([C@H]2NCCS2)CC1. The van der Waals surface area contributed by atoms with Crippen LogP contribution in [0.15, 0.2) is 0 Å². The third kappa shape index (κ3) is 1.91. The number of rotatable bonds is 1. The molecule has 2 fully saturated rings. The molecule has 1 N–H and O–H groups in total. The molecule has 1 saturated heterocycles. The van der Waals surface area contributed by atoms with Gasteiger partial charge in [-0.25, -0.2) is 0 Å². The highest BCUT2D eigenvalue weighted by atomic mass is 32.2. The summed E-state index contributed by atoms with van der Waals surface area (Å²) in [6.07, 6.45) is 7.38. The smallest absolute Gasteiger partial charge is 0.0561 e. The van der Waals surface area contributed by atoms with Crippen LogP contribution in [0.2, 0.25) is 0 Å². The van der Waals surface area contributed by atoms with E-state index in [1.807, 2.05) is 0 Å². The van der Waals surface area contributed by atoms with E-state index in [9.17, 15) is 0 Å². The van der Waals surface area contributed by atoms with Crippen molar-refractivity contribution in [1.82, 2.24) is 5.32 Å². The summed E-state index contributed by atoms with van der Waals surface area (Å²) in [5, 5.41) is 4.40.